The van der Waals surface area contributed by atoms with Crippen molar-refractivity contribution in [3.8, 4) is 45.3 Å². The van der Waals surface area contributed by atoms with Crippen LogP contribution in [0.4, 0.5) is 0 Å². The summed E-state index contributed by atoms with van der Waals surface area (Å²) in [4.78, 5) is 10.4. The number of fused-ring (bicyclic) bond motifs is 2. The van der Waals surface area contributed by atoms with Gasteiger partial charge in [-0.1, -0.05) is 82.3 Å². The van der Waals surface area contributed by atoms with Crippen molar-refractivity contribution in [1.82, 2.24) is 14.5 Å². The van der Waals surface area contributed by atoms with Gasteiger partial charge < -0.3 is 9.67 Å². The quantitative estimate of drug-likeness (QED) is 0.172. The smallest absolute Gasteiger partial charge is 0.125 e. The standard InChI is InChI=1S/C40H34N3O.Pt/c1-25(2)29-22-30(26(3)4)24-31(23-29)43-36-19-10-16-33(39(36)42-40(43)28-13-6-5-7-14-28)34-17-11-18-35(41-34)38-32-15-9-8-12-27(32)20-21-37(38)44;/h5-13,15-26,44H,1-4H3;/q-1;. The summed E-state index contributed by atoms with van der Waals surface area (Å²) in [6.07, 6.45) is 0. The molecule has 0 aliphatic carbocycles. The van der Waals surface area contributed by atoms with Gasteiger partial charge in [0.05, 0.1) is 28.2 Å². The molecule has 2 aromatic heterocycles. The van der Waals surface area contributed by atoms with Crippen LogP contribution < -0.4 is 0 Å². The van der Waals surface area contributed by atoms with Crippen molar-refractivity contribution in [3.05, 3.63) is 132 Å². The van der Waals surface area contributed by atoms with Gasteiger partial charge in [0.1, 0.15) is 5.75 Å². The average Bonchev–Trinajstić information content (AvgIpc) is 3.45. The van der Waals surface area contributed by atoms with Crippen LogP contribution in [0.2, 0.25) is 0 Å². The predicted molar refractivity (Wildman–Crippen MR) is 181 cm³/mol. The molecule has 0 fully saturated rings. The monoisotopic (exact) mass is 767 g/mol. The molecule has 0 saturated carbocycles. The second-order valence-electron chi connectivity index (χ2n) is 12.0. The molecule has 0 aliphatic heterocycles. The molecule has 5 aromatic carbocycles. The molecule has 0 amide bonds. The molecule has 0 aliphatic rings. The number of hydrogen-bond acceptors (Lipinski definition) is 3. The Morgan fingerprint density at radius 3 is 2.13 bits per heavy atom. The van der Waals surface area contributed by atoms with E-state index in [9.17, 15) is 5.11 Å². The first-order valence-electron chi connectivity index (χ1n) is 15.2. The summed E-state index contributed by atoms with van der Waals surface area (Å²) >= 11 is 0. The third-order valence-electron chi connectivity index (χ3n) is 8.38. The minimum absolute atomic E-state index is 0. The topological polar surface area (TPSA) is 50.9 Å². The molecule has 7 rings (SSSR count). The van der Waals surface area contributed by atoms with Crippen LogP contribution in [0.3, 0.4) is 0 Å². The minimum atomic E-state index is 0. The summed E-state index contributed by atoms with van der Waals surface area (Å²) in [6.45, 7) is 8.97. The van der Waals surface area contributed by atoms with E-state index in [1.165, 1.54) is 11.1 Å². The zero-order chi connectivity index (χ0) is 30.4. The van der Waals surface area contributed by atoms with E-state index < -0.39 is 0 Å². The molecule has 0 atom stereocenters. The van der Waals surface area contributed by atoms with Gasteiger partial charge in [0.25, 0.3) is 0 Å². The van der Waals surface area contributed by atoms with Crippen molar-refractivity contribution in [2.24, 2.45) is 0 Å². The maximum absolute atomic E-state index is 11.0. The maximum Gasteiger partial charge on any atom is 0.125 e. The van der Waals surface area contributed by atoms with Crippen molar-refractivity contribution in [3.63, 3.8) is 0 Å². The van der Waals surface area contributed by atoms with E-state index in [1.54, 1.807) is 6.07 Å². The zero-order valence-electron chi connectivity index (χ0n) is 25.7. The number of aromatic nitrogens is 3. The van der Waals surface area contributed by atoms with E-state index in [-0.39, 0.29) is 26.8 Å². The van der Waals surface area contributed by atoms with Gasteiger partial charge in [-0.25, -0.2) is 4.98 Å². The normalized spacial score (nSPS) is 11.4. The second kappa shape index (κ2) is 12.5. The van der Waals surface area contributed by atoms with Crippen LogP contribution in [0, 0.1) is 6.07 Å². The number of aromatic hydroxyl groups is 1. The second-order valence-corrected chi connectivity index (χ2v) is 12.0. The van der Waals surface area contributed by atoms with Gasteiger partial charge in [-0.05, 0) is 70.1 Å². The number of para-hydroxylation sites is 1. The van der Waals surface area contributed by atoms with Gasteiger partial charge in [-0.15, -0.1) is 35.9 Å². The van der Waals surface area contributed by atoms with Crippen molar-refractivity contribution in [2.75, 3.05) is 0 Å². The van der Waals surface area contributed by atoms with Crippen LogP contribution >= 0.6 is 0 Å². The Bertz CT molecular complexity index is 2120. The summed E-state index contributed by atoms with van der Waals surface area (Å²) in [6, 6.07) is 42.4. The predicted octanol–water partition coefficient (Wildman–Crippen LogP) is 10.3. The Morgan fingerprint density at radius 2 is 1.40 bits per heavy atom. The number of nitrogens with zero attached hydrogens (tertiary/aromatic N) is 3. The van der Waals surface area contributed by atoms with Crippen LogP contribution in [0.5, 0.6) is 5.75 Å². The Balaban J connectivity index is 0.00000357. The van der Waals surface area contributed by atoms with E-state index in [0.717, 1.165) is 61.4 Å². The van der Waals surface area contributed by atoms with E-state index in [0.29, 0.717) is 11.8 Å². The van der Waals surface area contributed by atoms with Gasteiger partial charge >= 0.3 is 0 Å². The number of phenols is 1. The van der Waals surface area contributed by atoms with Gasteiger partial charge in [-0.3, -0.25) is 4.98 Å². The fourth-order valence-electron chi connectivity index (χ4n) is 5.99. The molecule has 0 saturated heterocycles. The van der Waals surface area contributed by atoms with Crippen LogP contribution in [-0.4, -0.2) is 19.6 Å². The number of phenolic OH excluding ortho intramolecular Hbond substituents is 1. The van der Waals surface area contributed by atoms with Crippen molar-refractivity contribution >= 4 is 21.8 Å². The molecule has 0 unspecified atom stereocenters. The Morgan fingerprint density at radius 1 is 0.689 bits per heavy atom. The van der Waals surface area contributed by atoms with Crippen molar-refractivity contribution in [2.45, 2.75) is 39.5 Å². The Hall–Kier alpha value is -4.53. The van der Waals surface area contributed by atoms with E-state index in [2.05, 4.69) is 86.9 Å². The molecule has 5 heteroatoms. The van der Waals surface area contributed by atoms with Gasteiger partial charge in [0.15, 0.2) is 0 Å². The molecule has 2 heterocycles. The van der Waals surface area contributed by atoms with Crippen molar-refractivity contribution < 1.29 is 26.2 Å². The summed E-state index contributed by atoms with van der Waals surface area (Å²) < 4.78 is 2.27. The van der Waals surface area contributed by atoms with Crippen molar-refractivity contribution in [1.29, 1.82) is 0 Å². The Labute approximate surface area is 278 Å². The average molecular weight is 768 g/mol. The molecule has 1 N–H and O–H groups in total. The molecule has 0 spiro atoms. The molecule has 4 nitrogen and oxygen atoms in total. The summed E-state index contributed by atoms with van der Waals surface area (Å²) in [7, 11) is 0. The molecule has 0 bridgehead atoms. The van der Waals surface area contributed by atoms with E-state index in [4.69, 9.17) is 9.97 Å². The molecular formula is C40H34N3OPt-. The first kappa shape index (κ1) is 30.5. The number of rotatable bonds is 6. The number of imidazole rings is 1. The van der Waals surface area contributed by atoms with E-state index >= 15 is 0 Å². The third-order valence-corrected chi connectivity index (χ3v) is 8.38. The third kappa shape index (κ3) is 5.60. The first-order valence-corrected chi connectivity index (χ1v) is 15.2. The fraction of sp³-hybridized carbons (Fsp3) is 0.150. The summed E-state index contributed by atoms with van der Waals surface area (Å²) in [5, 5.41) is 13.0. The maximum atomic E-state index is 11.0. The van der Waals surface area contributed by atoms with Gasteiger partial charge in [0.2, 0.25) is 0 Å². The van der Waals surface area contributed by atoms with Crippen LogP contribution in [0.25, 0.3) is 61.4 Å². The fourth-order valence-corrected chi connectivity index (χ4v) is 5.99. The van der Waals surface area contributed by atoms with E-state index in [1.807, 2.05) is 60.7 Å². The zero-order valence-corrected chi connectivity index (χ0v) is 28.0. The SMILES string of the molecule is CC(C)c1cc(C(C)C)cc(-n2c(-c3[c-]cccc3)nc3c(-c4cccc(-c5c(O)ccc6ccccc56)n4)cccc32)c1.[Pt]. The largest absolute Gasteiger partial charge is 0.507 e. The molecule has 7 aromatic rings. The molecule has 45 heavy (non-hydrogen) atoms. The molecule has 226 valence electrons. The number of benzene rings is 5. The number of pyridine rings is 1. The van der Waals surface area contributed by atoms with Crippen LogP contribution in [0.15, 0.2) is 115 Å². The van der Waals surface area contributed by atoms with Crippen LogP contribution in [0.1, 0.15) is 50.7 Å². The molecular weight excluding hydrogens is 734 g/mol. The Kier molecular flexibility index (Phi) is 8.44. The molecule has 0 radical (unpaired) electrons. The summed E-state index contributed by atoms with van der Waals surface area (Å²) in [5.74, 6) is 1.83. The van der Waals surface area contributed by atoms with Gasteiger partial charge in [-0.2, -0.15) is 0 Å². The number of hydrogen-bond donors (Lipinski definition) is 1. The van der Waals surface area contributed by atoms with Gasteiger partial charge in [0, 0.05) is 37.9 Å². The summed E-state index contributed by atoms with van der Waals surface area (Å²) in [5.41, 5.74) is 9.68. The first-order chi connectivity index (χ1) is 21.4. The minimum Gasteiger partial charge on any atom is -0.507 e. The van der Waals surface area contributed by atoms with Crippen LogP contribution in [-0.2, 0) is 21.1 Å².